The Balaban J connectivity index is 2.10. The van der Waals surface area contributed by atoms with Crippen LogP contribution in [0.1, 0.15) is 22.5 Å². The molecule has 0 saturated heterocycles. The molecule has 0 spiro atoms. The van der Waals surface area contributed by atoms with Crippen molar-refractivity contribution in [1.82, 2.24) is 9.97 Å². The van der Waals surface area contributed by atoms with E-state index in [2.05, 4.69) is 34.2 Å². The molecule has 74 valence electrons. The van der Waals surface area contributed by atoms with E-state index in [1.54, 1.807) is 12.4 Å². The van der Waals surface area contributed by atoms with Crippen molar-refractivity contribution in [2.24, 2.45) is 0 Å². The number of benzene rings is 1. The lowest BCUT2D eigenvalue weighted by Crippen LogP contribution is -1.98. The first-order valence-electron chi connectivity index (χ1n) is 5.29. The lowest BCUT2D eigenvalue weighted by molar-refractivity contribution is 0.892. The second kappa shape index (κ2) is 3.46. The van der Waals surface area contributed by atoms with Gasteiger partial charge in [0.05, 0.1) is 11.4 Å². The highest BCUT2D eigenvalue weighted by Gasteiger charge is 2.13. The number of aromatic nitrogens is 2. The number of hydrogen-bond acceptors (Lipinski definition) is 2. The summed E-state index contributed by atoms with van der Waals surface area (Å²) in [4.78, 5) is 8.82. The largest absolute Gasteiger partial charge is 0.258 e. The third-order valence-electron chi connectivity index (χ3n) is 2.97. The predicted octanol–water partition coefficient (Wildman–Crippen LogP) is 2.17. The van der Waals surface area contributed by atoms with Crippen LogP contribution in [0.4, 0.5) is 0 Å². The fraction of sp³-hybridized carbons (Fsp3) is 0.231. The molecule has 0 aliphatic heterocycles. The molecule has 0 atom stereocenters. The summed E-state index contributed by atoms with van der Waals surface area (Å²) in [6, 6.07) is 8.61. The molecule has 2 nitrogen and oxygen atoms in total. The van der Waals surface area contributed by atoms with Gasteiger partial charge < -0.3 is 0 Å². The maximum absolute atomic E-state index is 4.42. The highest BCUT2D eigenvalue weighted by molar-refractivity contribution is 5.35. The summed E-state index contributed by atoms with van der Waals surface area (Å²) in [5.74, 6) is 0. The summed E-state index contributed by atoms with van der Waals surface area (Å²) < 4.78 is 0. The summed E-state index contributed by atoms with van der Waals surface area (Å²) in [6.07, 6.45) is 6.60. The first-order chi connectivity index (χ1) is 7.43. The van der Waals surface area contributed by atoms with E-state index in [1.807, 2.05) is 0 Å². The van der Waals surface area contributed by atoms with Crippen molar-refractivity contribution in [3.8, 4) is 0 Å². The van der Waals surface area contributed by atoms with Crippen LogP contribution < -0.4 is 0 Å². The average Bonchev–Trinajstić information content (AvgIpc) is 2.48. The van der Waals surface area contributed by atoms with Gasteiger partial charge in [-0.3, -0.25) is 9.97 Å². The number of nitrogens with zero attached hydrogens (tertiary/aromatic N) is 2. The van der Waals surface area contributed by atoms with Crippen molar-refractivity contribution in [2.45, 2.75) is 19.3 Å². The maximum Gasteiger partial charge on any atom is 0.0662 e. The quantitative estimate of drug-likeness (QED) is 0.645. The van der Waals surface area contributed by atoms with Crippen LogP contribution in [-0.2, 0) is 19.3 Å². The van der Waals surface area contributed by atoms with E-state index >= 15 is 0 Å². The molecule has 1 aliphatic rings. The SMILES string of the molecule is c1ccc2c(c1)CCc1nccnc1C2. The highest BCUT2D eigenvalue weighted by atomic mass is 14.8. The van der Waals surface area contributed by atoms with Crippen molar-refractivity contribution < 1.29 is 0 Å². The Morgan fingerprint density at radius 2 is 1.53 bits per heavy atom. The first kappa shape index (κ1) is 8.60. The molecule has 1 heterocycles. The molecule has 2 heteroatoms. The third-order valence-corrected chi connectivity index (χ3v) is 2.97. The third kappa shape index (κ3) is 1.52. The van der Waals surface area contributed by atoms with Crippen LogP contribution in [0.15, 0.2) is 36.7 Å². The molecular weight excluding hydrogens is 184 g/mol. The minimum atomic E-state index is 0.930. The van der Waals surface area contributed by atoms with Gasteiger partial charge in [0.1, 0.15) is 0 Å². The monoisotopic (exact) mass is 196 g/mol. The molecule has 1 aromatic heterocycles. The van der Waals surface area contributed by atoms with Gasteiger partial charge in [-0.1, -0.05) is 24.3 Å². The highest BCUT2D eigenvalue weighted by Crippen LogP contribution is 2.21. The molecule has 1 aliphatic carbocycles. The molecular formula is C13H12N2. The summed E-state index contributed by atoms with van der Waals surface area (Å²) in [6.45, 7) is 0. The van der Waals surface area contributed by atoms with Crippen LogP contribution >= 0.6 is 0 Å². The topological polar surface area (TPSA) is 25.8 Å². The van der Waals surface area contributed by atoms with Crippen molar-refractivity contribution in [3.63, 3.8) is 0 Å². The molecule has 1 aromatic carbocycles. The molecule has 0 bridgehead atoms. The van der Waals surface area contributed by atoms with Gasteiger partial charge >= 0.3 is 0 Å². The number of fused-ring (bicyclic) bond motifs is 2. The van der Waals surface area contributed by atoms with Crippen molar-refractivity contribution in [2.75, 3.05) is 0 Å². The van der Waals surface area contributed by atoms with Crippen LogP contribution in [0.2, 0.25) is 0 Å². The summed E-state index contributed by atoms with van der Waals surface area (Å²) in [7, 11) is 0. The van der Waals surface area contributed by atoms with E-state index < -0.39 is 0 Å². The molecule has 3 rings (SSSR count). The van der Waals surface area contributed by atoms with Gasteiger partial charge in [0, 0.05) is 18.8 Å². The molecule has 0 saturated carbocycles. The fourth-order valence-corrected chi connectivity index (χ4v) is 2.16. The number of rotatable bonds is 0. The summed E-state index contributed by atoms with van der Waals surface area (Å²) in [5, 5.41) is 0. The minimum absolute atomic E-state index is 0.930. The smallest absolute Gasteiger partial charge is 0.0662 e. The maximum atomic E-state index is 4.42. The normalized spacial score (nSPS) is 13.9. The van der Waals surface area contributed by atoms with E-state index in [1.165, 1.54) is 11.1 Å². The molecule has 15 heavy (non-hydrogen) atoms. The zero-order chi connectivity index (χ0) is 10.1. The molecule has 0 N–H and O–H groups in total. The Morgan fingerprint density at radius 1 is 0.800 bits per heavy atom. The van der Waals surface area contributed by atoms with Gasteiger partial charge in [-0.25, -0.2) is 0 Å². The van der Waals surface area contributed by atoms with Crippen LogP contribution in [0, 0.1) is 0 Å². The Morgan fingerprint density at radius 3 is 2.40 bits per heavy atom. The van der Waals surface area contributed by atoms with Gasteiger partial charge in [-0.2, -0.15) is 0 Å². The van der Waals surface area contributed by atoms with E-state index in [-0.39, 0.29) is 0 Å². The molecule has 2 aromatic rings. The van der Waals surface area contributed by atoms with E-state index in [0.29, 0.717) is 0 Å². The van der Waals surface area contributed by atoms with Crippen LogP contribution in [0.3, 0.4) is 0 Å². The Hall–Kier alpha value is -1.70. The number of hydrogen-bond donors (Lipinski definition) is 0. The molecule has 0 radical (unpaired) electrons. The average molecular weight is 196 g/mol. The van der Waals surface area contributed by atoms with Gasteiger partial charge in [-0.15, -0.1) is 0 Å². The Labute approximate surface area is 89.0 Å². The van der Waals surface area contributed by atoms with Crippen molar-refractivity contribution in [3.05, 3.63) is 59.2 Å². The molecule has 0 unspecified atom stereocenters. The fourth-order valence-electron chi connectivity index (χ4n) is 2.16. The van der Waals surface area contributed by atoms with Gasteiger partial charge in [-0.05, 0) is 24.0 Å². The summed E-state index contributed by atoms with van der Waals surface area (Å²) in [5.41, 5.74) is 5.14. The standard InChI is InChI=1S/C13H12N2/c1-2-4-11-9-13-12(14-7-8-15-13)6-5-10(11)3-1/h1-4,7-8H,5-6,9H2. The predicted molar refractivity (Wildman–Crippen MR) is 58.7 cm³/mol. The zero-order valence-electron chi connectivity index (χ0n) is 8.48. The second-order valence-electron chi connectivity index (χ2n) is 3.90. The minimum Gasteiger partial charge on any atom is -0.258 e. The lowest BCUT2D eigenvalue weighted by atomic mass is 10.0. The van der Waals surface area contributed by atoms with Gasteiger partial charge in [0.15, 0.2) is 0 Å². The van der Waals surface area contributed by atoms with Crippen LogP contribution in [-0.4, -0.2) is 9.97 Å². The van der Waals surface area contributed by atoms with Crippen molar-refractivity contribution >= 4 is 0 Å². The molecule has 0 amide bonds. The Kier molecular flexibility index (Phi) is 1.98. The van der Waals surface area contributed by atoms with E-state index in [0.717, 1.165) is 30.7 Å². The van der Waals surface area contributed by atoms with Gasteiger partial charge in [0.2, 0.25) is 0 Å². The van der Waals surface area contributed by atoms with E-state index in [4.69, 9.17) is 0 Å². The van der Waals surface area contributed by atoms with Crippen LogP contribution in [0.25, 0.3) is 0 Å². The van der Waals surface area contributed by atoms with Gasteiger partial charge in [0.25, 0.3) is 0 Å². The number of aryl methyl sites for hydroxylation is 2. The summed E-state index contributed by atoms with van der Waals surface area (Å²) >= 11 is 0. The lowest BCUT2D eigenvalue weighted by Gasteiger charge is -2.03. The van der Waals surface area contributed by atoms with Crippen molar-refractivity contribution in [1.29, 1.82) is 0 Å². The van der Waals surface area contributed by atoms with Crippen LogP contribution in [0.5, 0.6) is 0 Å². The molecule has 0 fully saturated rings. The second-order valence-corrected chi connectivity index (χ2v) is 3.90. The van der Waals surface area contributed by atoms with E-state index in [9.17, 15) is 0 Å². The Bertz CT molecular complexity index is 446. The zero-order valence-corrected chi connectivity index (χ0v) is 8.48. The first-order valence-corrected chi connectivity index (χ1v) is 5.29.